The Labute approximate surface area is 172 Å². The molecule has 0 fully saturated rings. The predicted molar refractivity (Wildman–Crippen MR) is 112 cm³/mol. The molecule has 8 nitrogen and oxygen atoms in total. The third-order valence-electron chi connectivity index (χ3n) is 4.65. The van der Waals surface area contributed by atoms with Gasteiger partial charge < -0.3 is 10.5 Å². The molecule has 2 aromatic heterocycles. The van der Waals surface area contributed by atoms with E-state index in [0.717, 1.165) is 5.56 Å². The maximum Gasteiger partial charge on any atom is 0.274 e. The highest BCUT2D eigenvalue weighted by molar-refractivity contribution is 7.91. The Bertz CT molecular complexity index is 1400. The maximum atomic E-state index is 12.9. The molecule has 0 saturated heterocycles. The minimum absolute atomic E-state index is 0.0330. The Morgan fingerprint density at radius 2 is 1.83 bits per heavy atom. The summed E-state index contributed by atoms with van der Waals surface area (Å²) in [6.07, 6.45) is 2.72. The van der Waals surface area contributed by atoms with E-state index in [2.05, 4.69) is 10.1 Å². The number of ether oxygens (including phenoxy) is 1. The molecular formula is C21H18N4O4S. The van der Waals surface area contributed by atoms with Gasteiger partial charge in [-0.25, -0.2) is 18.1 Å². The minimum Gasteiger partial charge on any atom is -0.481 e. The van der Waals surface area contributed by atoms with Gasteiger partial charge in [0, 0.05) is 23.3 Å². The lowest BCUT2D eigenvalue weighted by molar-refractivity contribution is 0.397. The van der Waals surface area contributed by atoms with E-state index in [1.165, 1.54) is 54.5 Å². The number of nitrogen functional groups attached to an aromatic ring is 1. The van der Waals surface area contributed by atoms with Crippen molar-refractivity contribution in [3.63, 3.8) is 0 Å². The molecule has 0 amide bonds. The average molecular weight is 422 g/mol. The van der Waals surface area contributed by atoms with Crippen LogP contribution in [0.25, 0.3) is 10.8 Å². The van der Waals surface area contributed by atoms with Crippen LogP contribution in [-0.2, 0) is 16.4 Å². The van der Waals surface area contributed by atoms with Crippen LogP contribution in [0.2, 0.25) is 0 Å². The standard InChI is InChI=1S/C21H18N4O4S/c1-29-20-8-6-18(12-23-20)30(27,28)17-5-7-19-15(10-17)11-24-25(21(19)26)13-14-3-2-4-16(22)9-14/h2-12H,13,22H2,1H3. The SMILES string of the molecule is COc1ccc(S(=O)(=O)c2ccc3c(=O)n(Cc4cccc(N)c4)ncc3c2)cn1. The van der Waals surface area contributed by atoms with Crippen molar-refractivity contribution in [3.8, 4) is 5.88 Å². The lowest BCUT2D eigenvalue weighted by Crippen LogP contribution is -2.23. The minimum atomic E-state index is -3.80. The molecule has 30 heavy (non-hydrogen) atoms. The highest BCUT2D eigenvalue weighted by Crippen LogP contribution is 2.24. The number of hydrogen-bond donors (Lipinski definition) is 1. The molecule has 0 radical (unpaired) electrons. The molecule has 0 aliphatic rings. The average Bonchev–Trinajstić information content (AvgIpc) is 2.75. The summed E-state index contributed by atoms with van der Waals surface area (Å²) in [4.78, 5) is 16.8. The maximum absolute atomic E-state index is 12.9. The zero-order valence-corrected chi connectivity index (χ0v) is 16.8. The van der Waals surface area contributed by atoms with Gasteiger partial charge in [-0.3, -0.25) is 4.79 Å². The summed E-state index contributed by atoms with van der Waals surface area (Å²) in [5, 5.41) is 5.00. The van der Waals surface area contributed by atoms with Crippen molar-refractivity contribution in [1.29, 1.82) is 0 Å². The van der Waals surface area contributed by atoms with E-state index >= 15 is 0 Å². The summed E-state index contributed by atoms with van der Waals surface area (Å²) in [5.74, 6) is 0.317. The highest BCUT2D eigenvalue weighted by Gasteiger charge is 2.19. The number of nitrogens with zero attached hydrogens (tertiary/aromatic N) is 3. The molecule has 2 N–H and O–H groups in total. The molecule has 0 atom stereocenters. The zero-order chi connectivity index (χ0) is 21.3. The Morgan fingerprint density at radius 1 is 1.03 bits per heavy atom. The molecule has 9 heteroatoms. The largest absolute Gasteiger partial charge is 0.481 e. The predicted octanol–water partition coefficient (Wildman–Crippen LogP) is 2.26. The van der Waals surface area contributed by atoms with Crippen molar-refractivity contribution in [2.24, 2.45) is 0 Å². The molecule has 0 bridgehead atoms. The van der Waals surface area contributed by atoms with Crippen LogP contribution in [0, 0.1) is 0 Å². The number of benzene rings is 2. The van der Waals surface area contributed by atoms with E-state index in [0.29, 0.717) is 22.3 Å². The van der Waals surface area contributed by atoms with E-state index in [1.807, 2.05) is 12.1 Å². The first kappa shape index (κ1) is 19.6. The number of sulfone groups is 1. The van der Waals surface area contributed by atoms with Crippen LogP contribution < -0.4 is 16.0 Å². The van der Waals surface area contributed by atoms with E-state index < -0.39 is 9.84 Å². The lowest BCUT2D eigenvalue weighted by atomic mass is 10.2. The van der Waals surface area contributed by atoms with Gasteiger partial charge in [-0.05, 0) is 42.0 Å². The number of rotatable bonds is 5. The molecule has 2 aromatic carbocycles. The van der Waals surface area contributed by atoms with Gasteiger partial charge in [-0.2, -0.15) is 5.10 Å². The first-order valence-corrected chi connectivity index (χ1v) is 10.5. The summed E-state index contributed by atoms with van der Waals surface area (Å²) in [7, 11) is -2.35. The normalized spacial score (nSPS) is 11.5. The molecule has 0 unspecified atom stereocenters. The quantitative estimate of drug-likeness (QED) is 0.490. The fourth-order valence-corrected chi connectivity index (χ4v) is 4.33. The van der Waals surface area contributed by atoms with Crippen LogP contribution in [0.3, 0.4) is 0 Å². The first-order chi connectivity index (χ1) is 14.4. The molecule has 4 aromatic rings. The molecule has 152 valence electrons. The number of hydrogen-bond acceptors (Lipinski definition) is 7. The summed E-state index contributed by atoms with van der Waals surface area (Å²) in [6.45, 7) is 0.261. The summed E-state index contributed by atoms with van der Waals surface area (Å²) >= 11 is 0. The number of nitrogens with two attached hydrogens (primary N) is 1. The van der Waals surface area contributed by atoms with Gasteiger partial charge in [0.2, 0.25) is 15.7 Å². The van der Waals surface area contributed by atoms with E-state index in [-0.39, 0.29) is 21.9 Å². The third-order valence-corrected chi connectivity index (χ3v) is 6.38. The van der Waals surface area contributed by atoms with Crippen molar-refractivity contribution in [1.82, 2.24) is 14.8 Å². The van der Waals surface area contributed by atoms with Crippen LogP contribution in [0.15, 0.2) is 81.6 Å². The Kier molecular flexibility index (Phi) is 4.96. The van der Waals surface area contributed by atoms with Gasteiger partial charge in [-0.1, -0.05) is 12.1 Å². The van der Waals surface area contributed by atoms with E-state index in [9.17, 15) is 13.2 Å². The second-order valence-corrected chi connectivity index (χ2v) is 8.59. The van der Waals surface area contributed by atoms with Crippen molar-refractivity contribution >= 4 is 26.3 Å². The number of pyridine rings is 1. The lowest BCUT2D eigenvalue weighted by Gasteiger charge is -2.09. The Balaban J connectivity index is 1.72. The highest BCUT2D eigenvalue weighted by atomic mass is 32.2. The van der Waals surface area contributed by atoms with Crippen LogP contribution in [-0.4, -0.2) is 30.3 Å². The number of fused-ring (bicyclic) bond motifs is 1. The summed E-state index contributed by atoms with van der Waals surface area (Å²) < 4.78 is 32.1. The monoisotopic (exact) mass is 422 g/mol. The number of methoxy groups -OCH3 is 1. The molecule has 0 saturated carbocycles. The zero-order valence-electron chi connectivity index (χ0n) is 16.0. The molecule has 2 heterocycles. The summed E-state index contributed by atoms with van der Waals surface area (Å²) in [5.41, 5.74) is 6.92. The Morgan fingerprint density at radius 3 is 2.53 bits per heavy atom. The van der Waals surface area contributed by atoms with Gasteiger partial charge in [0.25, 0.3) is 5.56 Å². The van der Waals surface area contributed by atoms with E-state index in [4.69, 9.17) is 10.5 Å². The van der Waals surface area contributed by atoms with Gasteiger partial charge in [0.05, 0.1) is 35.0 Å². The smallest absolute Gasteiger partial charge is 0.274 e. The van der Waals surface area contributed by atoms with Crippen LogP contribution in [0.1, 0.15) is 5.56 Å². The van der Waals surface area contributed by atoms with Crippen LogP contribution in [0.4, 0.5) is 5.69 Å². The van der Waals surface area contributed by atoms with Crippen molar-refractivity contribution in [3.05, 3.63) is 82.9 Å². The first-order valence-electron chi connectivity index (χ1n) is 8.98. The molecular weight excluding hydrogens is 404 g/mol. The van der Waals surface area contributed by atoms with Crippen molar-refractivity contribution in [2.75, 3.05) is 12.8 Å². The topological polar surface area (TPSA) is 117 Å². The van der Waals surface area contributed by atoms with Gasteiger partial charge in [0.1, 0.15) is 0 Å². The molecule has 0 aliphatic carbocycles. The van der Waals surface area contributed by atoms with Gasteiger partial charge in [0.15, 0.2) is 0 Å². The molecule has 0 aliphatic heterocycles. The number of aromatic nitrogens is 3. The third kappa shape index (κ3) is 3.62. The van der Waals surface area contributed by atoms with E-state index in [1.54, 1.807) is 12.1 Å². The second kappa shape index (κ2) is 7.60. The second-order valence-electron chi connectivity index (χ2n) is 6.64. The fraction of sp³-hybridized carbons (Fsp3) is 0.0952. The van der Waals surface area contributed by atoms with Gasteiger partial charge >= 0.3 is 0 Å². The van der Waals surface area contributed by atoms with Crippen molar-refractivity contribution < 1.29 is 13.2 Å². The summed E-state index contributed by atoms with van der Waals surface area (Å²) in [6, 6.07) is 14.4. The molecule has 0 spiro atoms. The fourth-order valence-electron chi connectivity index (χ4n) is 3.09. The van der Waals surface area contributed by atoms with Crippen LogP contribution in [0.5, 0.6) is 5.88 Å². The molecule has 4 rings (SSSR count). The van der Waals surface area contributed by atoms with Crippen molar-refractivity contribution in [2.45, 2.75) is 16.3 Å². The van der Waals surface area contributed by atoms with Gasteiger partial charge in [-0.15, -0.1) is 0 Å². The Hall–Kier alpha value is -3.72. The van der Waals surface area contributed by atoms with Crippen LogP contribution >= 0.6 is 0 Å². The number of anilines is 1.